The van der Waals surface area contributed by atoms with Crippen LogP contribution in [-0.2, 0) is 22.6 Å². The van der Waals surface area contributed by atoms with Crippen LogP contribution in [0.25, 0.3) is 0 Å². The number of esters is 1. The maximum atomic E-state index is 11.7. The second-order valence-electron chi connectivity index (χ2n) is 4.43. The molecule has 0 aromatic heterocycles. The lowest BCUT2D eigenvalue weighted by Gasteiger charge is -2.05. The van der Waals surface area contributed by atoms with Crippen LogP contribution in [0.1, 0.15) is 11.1 Å². The van der Waals surface area contributed by atoms with E-state index >= 15 is 0 Å². The van der Waals surface area contributed by atoms with Gasteiger partial charge in [-0.05, 0) is 35.4 Å². The number of aromatic hydroxyl groups is 1. The second kappa shape index (κ2) is 6.51. The SMILES string of the molecule is O=C(Cc1ccc(O)cc1)OCc1ccc([N+](=O)[O-])cc1. The topological polar surface area (TPSA) is 89.7 Å². The van der Waals surface area contributed by atoms with Crippen LogP contribution < -0.4 is 0 Å². The summed E-state index contributed by atoms with van der Waals surface area (Å²) in [6.45, 7) is 0.0644. The van der Waals surface area contributed by atoms with Crippen LogP contribution in [0.3, 0.4) is 0 Å². The van der Waals surface area contributed by atoms with Gasteiger partial charge in [-0.2, -0.15) is 0 Å². The second-order valence-corrected chi connectivity index (χ2v) is 4.43. The van der Waals surface area contributed by atoms with Gasteiger partial charge in [0, 0.05) is 12.1 Å². The number of hydrogen-bond acceptors (Lipinski definition) is 5. The molecule has 0 aliphatic carbocycles. The normalized spacial score (nSPS) is 10.1. The van der Waals surface area contributed by atoms with Crippen molar-refractivity contribution in [1.29, 1.82) is 0 Å². The van der Waals surface area contributed by atoms with Gasteiger partial charge in [-0.15, -0.1) is 0 Å². The molecule has 0 fully saturated rings. The summed E-state index contributed by atoms with van der Waals surface area (Å²) in [6, 6.07) is 12.1. The Morgan fingerprint density at radius 1 is 1.05 bits per heavy atom. The number of nitrogens with zero attached hydrogens (tertiary/aromatic N) is 1. The first kappa shape index (κ1) is 14.5. The number of carbonyl (C=O) groups excluding carboxylic acids is 1. The lowest BCUT2D eigenvalue weighted by molar-refractivity contribution is -0.384. The summed E-state index contributed by atoms with van der Waals surface area (Å²) in [5.41, 5.74) is 1.41. The quantitative estimate of drug-likeness (QED) is 0.518. The van der Waals surface area contributed by atoms with Crippen molar-refractivity contribution < 1.29 is 19.6 Å². The molecule has 0 radical (unpaired) electrons. The molecule has 0 unspecified atom stereocenters. The fourth-order valence-corrected chi connectivity index (χ4v) is 1.71. The van der Waals surface area contributed by atoms with E-state index in [0.717, 1.165) is 5.56 Å². The van der Waals surface area contributed by atoms with E-state index in [1.54, 1.807) is 24.3 Å². The molecule has 6 heteroatoms. The molecule has 0 atom stereocenters. The third-order valence-electron chi connectivity index (χ3n) is 2.83. The number of ether oxygens (including phenoxy) is 1. The Balaban J connectivity index is 1.86. The van der Waals surface area contributed by atoms with Gasteiger partial charge < -0.3 is 9.84 Å². The summed E-state index contributed by atoms with van der Waals surface area (Å²) >= 11 is 0. The van der Waals surface area contributed by atoms with E-state index < -0.39 is 10.9 Å². The van der Waals surface area contributed by atoms with Crippen LogP contribution in [0.4, 0.5) is 5.69 Å². The summed E-state index contributed by atoms with van der Waals surface area (Å²) in [5, 5.41) is 19.6. The average molecular weight is 287 g/mol. The highest BCUT2D eigenvalue weighted by molar-refractivity contribution is 5.72. The third-order valence-corrected chi connectivity index (χ3v) is 2.83. The maximum absolute atomic E-state index is 11.7. The lowest BCUT2D eigenvalue weighted by atomic mass is 10.1. The Hall–Kier alpha value is -2.89. The highest BCUT2D eigenvalue weighted by Gasteiger charge is 2.07. The minimum atomic E-state index is -0.486. The predicted octanol–water partition coefficient (Wildman–Crippen LogP) is 2.59. The Kier molecular flexibility index (Phi) is 4.50. The van der Waals surface area contributed by atoms with Crippen molar-refractivity contribution in [1.82, 2.24) is 0 Å². The summed E-state index contributed by atoms with van der Waals surface area (Å²) in [4.78, 5) is 21.7. The fraction of sp³-hybridized carbons (Fsp3) is 0.133. The van der Waals surface area contributed by atoms with Crippen LogP contribution in [-0.4, -0.2) is 16.0 Å². The first-order valence-electron chi connectivity index (χ1n) is 6.21. The number of non-ortho nitro benzene ring substituents is 1. The molecule has 0 spiro atoms. The number of rotatable bonds is 5. The summed E-state index contributed by atoms with van der Waals surface area (Å²) in [5.74, 6) is -0.267. The van der Waals surface area contributed by atoms with Crippen LogP contribution in [0.5, 0.6) is 5.75 Å². The molecule has 1 N–H and O–H groups in total. The fourth-order valence-electron chi connectivity index (χ4n) is 1.71. The van der Waals surface area contributed by atoms with Gasteiger partial charge in [0.1, 0.15) is 12.4 Å². The van der Waals surface area contributed by atoms with E-state index in [2.05, 4.69) is 0 Å². The minimum absolute atomic E-state index is 0.00540. The van der Waals surface area contributed by atoms with E-state index in [0.29, 0.717) is 5.56 Å². The van der Waals surface area contributed by atoms with Crippen molar-refractivity contribution in [2.24, 2.45) is 0 Å². The van der Waals surface area contributed by atoms with Crippen molar-refractivity contribution in [3.8, 4) is 5.75 Å². The van der Waals surface area contributed by atoms with Gasteiger partial charge in [0.05, 0.1) is 11.3 Å². The van der Waals surface area contributed by atoms with Crippen LogP contribution in [0, 0.1) is 10.1 Å². The molecule has 0 saturated carbocycles. The monoisotopic (exact) mass is 287 g/mol. The summed E-state index contributed by atoms with van der Waals surface area (Å²) in [7, 11) is 0. The van der Waals surface area contributed by atoms with Crippen LogP contribution in [0.2, 0.25) is 0 Å². The van der Waals surface area contributed by atoms with E-state index in [1.165, 1.54) is 24.3 Å². The molecule has 2 rings (SSSR count). The van der Waals surface area contributed by atoms with Gasteiger partial charge >= 0.3 is 5.97 Å². The maximum Gasteiger partial charge on any atom is 0.310 e. The number of carbonyl (C=O) groups is 1. The molecule has 6 nitrogen and oxygen atoms in total. The molecular weight excluding hydrogens is 274 g/mol. The molecule has 0 amide bonds. The molecule has 0 aliphatic rings. The Labute approximate surface area is 120 Å². The zero-order chi connectivity index (χ0) is 15.2. The van der Waals surface area contributed by atoms with Crippen molar-refractivity contribution in [3.63, 3.8) is 0 Å². The molecular formula is C15H13NO5. The zero-order valence-electron chi connectivity index (χ0n) is 11.1. The number of phenolic OH excluding ortho intramolecular Hbond substituents is 1. The van der Waals surface area contributed by atoms with Crippen molar-refractivity contribution in [2.75, 3.05) is 0 Å². The average Bonchev–Trinajstić information content (AvgIpc) is 2.48. The van der Waals surface area contributed by atoms with Crippen molar-refractivity contribution >= 4 is 11.7 Å². The molecule has 108 valence electrons. The first-order valence-corrected chi connectivity index (χ1v) is 6.21. The summed E-state index contributed by atoms with van der Waals surface area (Å²) < 4.78 is 5.09. The molecule has 2 aromatic rings. The van der Waals surface area contributed by atoms with Gasteiger partial charge in [0.15, 0.2) is 0 Å². The van der Waals surface area contributed by atoms with Crippen LogP contribution >= 0.6 is 0 Å². The number of hydrogen-bond donors (Lipinski definition) is 1. The Morgan fingerprint density at radius 2 is 1.62 bits per heavy atom. The third kappa shape index (κ3) is 4.31. The molecule has 0 bridgehead atoms. The van der Waals surface area contributed by atoms with Gasteiger partial charge in [-0.1, -0.05) is 12.1 Å². The molecule has 2 aromatic carbocycles. The highest BCUT2D eigenvalue weighted by Crippen LogP contribution is 2.13. The van der Waals surface area contributed by atoms with E-state index in [9.17, 15) is 14.9 Å². The highest BCUT2D eigenvalue weighted by atomic mass is 16.6. The standard InChI is InChI=1S/C15H13NO5/c17-14-7-3-11(4-8-14)9-15(18)21-10-12-1-5-13(6-2-12)16(19)20/h1-8,17H,9-10H2. The number of nitro benzene ring substituents is 1. The largest absolute Gasteiger partial charge is 0.508 e. The van der Waals surface area contributed by atoms with E-state index in [-0.39, 0.29) is 24.5 Å². The smallest absolute Gasteiger partial charge is 0.310 e. The van der Waals surface area contributed by atoms with Gasteiger partial charge in [0.25, 0.3) is 5.69 Å². The van der Waals surface area contributed by atoms with Crippen molar-refractivity contribution in [3.05, 3.63) is 69.8 Å². The zero-order valence-corrected chi connectivity index (χ0v) is 11.1. The lowest BCUT2D eigenvalue weighted by Crippen LogP contribution is -2.07. The number of nitro groups is 1. The Morgan fingerprint density at radius 3 is 2.19 bits per heavy atom. The molecule has 0 heterocycles. The minimum Gasteiger partial charge on any atom is -0.508 e. The van der Waals surface area contributed by atoms with Gasteiger partial charge in [0.2, 0.25) is 0 Å². The van der Waals surface area contributed by atoms with Crippen molar-refractivity contribution in [2.45, 2.75) is 13.0 Å². The van der Waals surface area contributed by atoms with Gasteiger partial charge in [-0.25, -0.2) is 0 Å². The van der Waals surface area contributed by atoms with Gasteiger partial charge in [-0.3, -0.25) is 14.9 Å². The molecule has 0 aliphatic heterocycles. The molecule has 0 saturated heterocycles. The number of benzene rings is 2. The van der Waals surface area contributed by atoms with E-state index in [1.807, 2.05) is 0 Å². The number of phenols is 1. The predicted molar refractivity (Wildman–Crippen MR) is 74.7 cm³/mol. The van der Waals surface area contributed by atoms with E-state index in [4.69, 9.17) is 9.84 Å². The Bertz CT molecular complexity index is 634. The van der Waals surface area contributed by atoms with Crippen LogP contribution in [0.15, 0.2) is 48.5 Å². The summed E-state index contributed by atoms with van der Waals surface area (Å²) in [6.07, 6.45) is 0.104. The molecule has 21 heavy (non-hydrogen) atoms. The first-order chi connectivity index (χ1) is 10.0.